The molecule has 1 aliphatic rings. The molecule has 2 atom stereocenters. The van der Waals surface area contributed by atoms with Gasteiger partial charge in [0.15, 0.2) is 0 Å². The highest BCUT2D eigenvalue weighted by Crippen LogP contribution is 2.31. The summed E-state index contributed by atoms with van der Waals surface area (Å²) in [5.41, 5.74) is 5.10. The van der Waals surface area contributed by atoms with E-state index in [0.29, 0.717) is 18.8 Å². The normalized spacial score (nSPS) is 18.2. The van der Waals surface area contributed by atoms with Crippen LogP contribution in [0.5, 0.6) is 0 Å². The third-order valence-corrected chi connectivity index (χ3v) is 6.52. The number of ether oxygens (including phenoxy) is 1. The zero-order chi connectivity index (χ0) is 23.2. The van der Waals surface area contributed by atoms with Gasteiger partial charge >= 0.3 is 6.03 Å². The van der Waals surface area contributed by atoms with Crippen LogP contribution in [-0.2, 0) is 22.6 Å². The lowest BCUT2D eigenvalue weighted by atomic mass is 9.99. The van der Waals surface area contributed by atoms with Crippen LogP contribution in [0.4, 0.5) is 10.5 Å². The molecular formula is C24H26N4O4S. The van der Waals surface area contributed by atoms with E-state index in [9.17, 15) is 14.7 Å². The number of amides is 3. The zero-order valence-corrected chi connectivity index (χ0v) is 19.0. The van der Waals surface area contributed by atoms with Gasteiger partial charge in [-0.15, -0.1) is 11.3 Å². The summed E-state index contributed by atoms with van der Waals surface area (Å²) in [6, 6.07) is 16.1. The van der Waals surface area contributed by atoms with Gasteiger partial charge in [0, 0.05) is 17.1 Å². The van der Waals surface area contributed by atoms with E-state index in [-0.39, 0.29) is 25.2 Å². The lowest BCUT2D eigenvalue weighted by molar-refractivity contribution is -0.161. The minimum atomic E-state index is -0.513. The van der Waals surface area contributed by atoms with Crippen molar-refractivity contribution in [3.05, 3.63) is 81.8 Å². The number of aliphatic hydroxyl groups excluding tert-OH is 1. The van der Waals surface area contributed by atoms with Crippen molar-refractivity contribution in [1.29, 1.82) is 0 Å². The van der Waals surface area contributed by atoms with E-state index in [1.807, 2.05) is 49.4 Å². The molecule has 8 nitrogen and oxygen atoms in total. The maximum atomic E-state index is 12.5. The first-order valence-electron chi connectivity index (χ1n) is 10.6. The van der Waals surface area contributed by atoms with Gasteiger partial charge in [-0.25, -0.2) is 9.78 Å². The van der Waals surface area contributed by atoms with Gasteiger partial charge in [-0.3, -0.25) is 4.79 Å². The Hall–Kier alpha value is -3.27. The predicted octanol–water partition coefficient (Wildman–Crippen LogP) is 3.23. The van der Waals surface area contributed by atoms with Crippen LogP contribution in [0.25, 0.3) is 0 Å². The SMILES string of the molecule is Cc1ncsc1CN1C(=O)COC(c2ccc(NC(=O)NCc3ccccc3)cc2)C1CO. The Morgan fingerprint density at radius 2 is 1.97 bits per heavy atom. The number of urea groups is 1. The number of rotatable bonds is 7. The molecule has 9 heteroatoms. The Labute approximate surface area is 196 Å². The quantitative estimate of drug-likeness (QED) is 0.496. The number of hydrogen-bond acceptors (Lipinski definition) is 6. The second kappa shape index (κ2) is 10.6. The highest BCUT2D eigenvalue weighted by molar-refractivity contribution is 7.09. The van der Waals surface area contributed by atoms with Crippen molar-refractivity contribution in [1.82, 2.24) is 15.2 Å². The van der Waals surface area contributed by atoms with Crippen molar-refractivity contribution in [3.8, 4) is 0 Å². The molecule has 3 aromatic rings. The predicted molar refractivity (Wildman–Crippen MR) is 126 cm³/mol. The van der Waals surface area contributed by atoms with Crippen LogP contribution in [0.15, 0.2) is 60.1 Å². The fraction of sp³-hybridized carbons (Fsp3) is 0.292. The molecule has 1 fully saturated rings. The average Bonchev–Trinajstić information content (AvgIpc) is 3.24. The monoisotopic (exact) mass is 466 g/mol. The molecule has 1 aromatic heterocycles. The van der Waals surface area contributed by atoms with Crippen LogP contribution in [0.3, 0.4) is 0 Å². The van der Waals surface area contributed by atoms with Gasteiger partial charge in [0.1, 0.15) is 12.7 Å². The number of aryl methyl sites for hydroxylation is 1. The van der Waals surface area contributed by atoms with E-state index in [0.717, 1.165) is 21.7 Å². The summed E-state index contributed by atoms with van der Waals surface area (Å²) in [4.78, 5) is 31.6. The van der Waals surface area contributed by atoms with Gasteiger partial charge in [-0.05, 0) is 30.2 Å². The fourth-order valence-corrected chi connectivity index (χ4v) is 4.54. The van der Waals surface area contributed by atoms with E-state index in [2.05, 4.69) is 15.6 Å². The molecule has 3 amide bonds. The molecule has 172 valence electrons. The van der Waals surface area contributed by atoms with E-state index in [1.165, 1.54) is 11.3 Å². The zero-order valence-electron chi connectivity index (χ0n) is 18.2. The number of carbonyl (C=O) groups is 2. The Bertz CT molecular complexity index is 1090. The van der Waals surface area contributed by atoms with Gasteiger partial charge in [0.2, 0.25) is 5.91 Å². The second-order valence-corrected chi connectivity index (χ2v) is 8.72. The average molecular weight is 467 g/mol. The standard InChI is InChI=1S/C24H26N4O4S/c1-16-21(33-15-26-16)12-28-20(13-29)23(32-14-22(28)30)18-7-9-19(10-8-18)27-24(31)25-11-17-5-3-2-4-6-17/h2-10,15,20,23,29H,11-14H2,1H3,(H2,25,27,31). The first kappa shape index (κ1) is 22.9. The number of anilines is 1. The minimum Gasteiger partial charge on any atom is -0.394 e. The molecule has 0 aliphatic carbocycles. The summed E-state index contributed by atoms with van der Waals surface area (Å²) in [6.45, 7) is 2.45. The van der Waals surface area contributed by atoms with Crippen LogP contribution in [0.1, 0.15) is 27.8 Å². The number of hydrogen-bond donors (Lipinski definition) is 3. The van der Waals surface area contributed by atoms with Crippen LogP contribution < -0.4 is 10.6 Å². The third-order valence-electron chi connectivity index (χ3n) is 5.60. The van der Waals surface area contributed by atoms with Gasteiger partial charge in [-0.1, -0.05) is 42.5 Å². The van der Waals surface area contributed by atoms with Gasteiger partial charge < -0.3 is 25.4 Å². The van der Waals surface area contributed by atoms with Gasteiger partial charge in [0.05, 0.1) is 30.4 Å². The maximum absolute atomic E-state index is 12.5. The highest BCUT2D eigenvalue weighted by Gasteiger charge is 2.37. The van der Waals surface area contributed by atoms with Crippen LogP contribution in [-0.4, -0.2) is 46.2 Å². The molecule has 0 bridgehead atoms. The molecule has 3 N–H and O–H groups in total. The minimum absolute atomic E-state index is 0.0547. The lowest BCUT2D eigenvalue weighted by Gasteiger charge is -2.40. The summed E-state index contributed by atoms with van der Waals surface area (Å²) in [7, 11) is 0. The fourth-order valence-electron chi connectivity index (χ4n) is 3.76. The summed E-state index contributed by atoms with van der Waals surface area (Å²) in [5.74, 6) is -0.161. The van der Waals surface area contributed by atoms with Gasteiger partial charge in [-0.2, -0.15) is 0 Å². The molecule has 2 heterocycles. The highest BCUT2D eigenvalue weighted by atomic mass is 32.1. The molecule has 2 unspecified atom stereocenters. The Morgan fingerprint density at radius 3 is 2.64 bits per heavy atom. The molecule has 2 aromatic carbocycles. The summed E-state index contributed by atoms with van der Waals surface area (Å²) in [5, 5.41) is 15.7. The van der Waals surface area contributed by atoms with Crippen molar-refractivity contribution < 1.29 is 19.4 Å². The molecule has 4 rings (SSSR count). The smallest absolute Gasteiger partial charge is 0.319 e. The van der Waals surface area contributed by atoms with Gasteiger partial charge in [0.25, 0.3) is 0 Å². The Morgan fingerprint density at radius 1 is 1.21 bits per heavy atom. The molecular weight excluding hydrogens is 440 g/mol. The summed E-state index contributed by atoms with van der Waals surface area (Å²) < 4.78 is 5.80. The Kier molecular flexibility index (Phi) is 7.33. The molecule has 1 saturated heterocycles. The number of thiazole rings is 1. The third kappa shape index (κ3) is 5.57. The molecule has 0 spiro atoms. The summed E-state index contributed by atoms with van der Waals surface area (Å²) >= 11 is 1.49. The first-order valence-corrected chi connectivity index (χ1v) is 11.5. The number of aliphatic hydroxyl groups is 1. The Balaban J connectivity index is 1.40. The van der Waals surface area contributed by atoms with E-state index in [1.54, 1.807) is 22.5 Å². The van der Waals surface area contributed by atoms with Crippen molar-refractivity contribution in [3.63, 3.8) is 0 Å². The van der Waals surface area contributed by atoms with Crippen LogP contribution >= 0.6 is 11.3 Å². The van der Waals surface area contributed by atoms with Crippen molar-refractivity contribution in [2.75, 3.05) is 18.5 Å². The molecule has 1 aliphatic heterocycles. The second-order valence-electron chi connectivity index (χ2n) is 7.78. The van der Waals surface area contributed by atoms with Crippen molar-refractivity contribution in [2.45, 2.75) is 32.2 Å². The molecule has 0 saturated carbocycles. The number of morpholine rings is 1. The lowest BCUT2D eigenvalue weighted by Crippen LogP contribution is -2.52. The van der Waals surface area contributed by atoms with Crippen molar-refractivity contribution in [2.24, 2.45) is 0 Å². The first-order chi connectivity index (χ1) is 16.0. The maximum Gasteiger partial charge on any atom is 0.319 e. The van der Waals surface area contributed by atoms with E-state index in [4.69, 9.17) is 4.74 Å². The molecule has 0 radical (unpaired) electrons. The molecule has 33 heavy (non-hydrogen) atoms. The van der Waals surface area contributed by atoms with E-state index >= 15 is 0 Å². The van der Waals surface area contributed by atoms with Crippen LogP contribution in [0.2, 0.25) is 0 Å². The summed E-state index contributed by atoms with van der Waals surface area (Å²) in [6.07, 6.45) is -0.470. The number of carbonyl (C=O) groups excluding carboxylic acids is 2. The number of nitrogens with zero attached hydrogens (tertiary/aromatic N) is 2. The number of benzene rings is 2. The topological polar surface area (TPSA) is 104 Å². The van der Waals surface area contributed by atoms with Crippen molar-refractivity contribution >= 4 is 29.0 Å². The van der Waals surface area contributed by atoms with Crippen LogP contribution in [0, 0.1) is 6.92 Å². The number of nitrogens with one attached hydrogen (secondary N) is 2. The van der Waals surface area contributed by atoms with E-state index < -0.39 is 12.1 Å². The largest absolute Gasteiger partial charge is 0.394 e. The number of aromatic nitrogens is 1.